The number of ether oxygens (including phenoxy) is 1. The molecule has 6 nitrogen and oxygen atoms in total. The van der Waals surface area contributed by atoms with Gasteiger partial charge in [-0.2, -0.15) is 10.2 Å². The van der Waals surface area contributed by atoms with Crippen LogP contribution in [0.25, 0.3) is 16.9 Å². The Morgan fingerprint density at radius 2 is 1.69 bits per heavy atom. The van der Waals surface area contributed by atoms with E-state index in [0.29, 0.717) is 11.7 Å². The van der Waals surface area contributed by atoms with Crippen molar-refractivity contribution < 1.29 is 4.74 Å². The lowest BCUT2D eigenvalue weighted by Crippen LogP contribution is -2.31. The molecule has 0 atom stereocenters. The van der Waals surface area contributed by atoms with Gasteiger partial charge in [0.25, 0.3) is 0 Å². The minimum atomic E-state index is 0.451. The number of hydrogen-bond acceptors (Lipinski definition) is 4. The third-order valence-corrected chi connectivity index (χ3v) is 5.03. The number of benzene rings is 3. The zero-order valence-electron chi connectivity index (χ0n) is 17.6. The Kier molecular flexibility index (Phi) is 6.89. The maximum atomic E-state index is 5.33. The SMILES string of the molecule is COc1ccc(-c2nn(-c3ccccc3)cc2C=NNC(=S)NCc2ccccc2)cc1. The summed E-state index contributed by atoms with van der Waals surface area (Å²) in [6.07, 6.45) is 3.67. The van der Waals surface area contributed by atoms with Gasteiger partial charge < -0.3 is 10.1 Å². The van der Waals surface area contributed by atoms with Crippen LogP contribution in [0, 0.1) is 0 Å². The number of hydrazone groups is 1. The van der Waals surface area contributed by atoms with Gasteiger partial charge in [0.15, 0.2) is 5.11 Å². The molecule has 0 fully saturated rings. The topological polar surface area (TPSA) is 63.5 Å². The number of thiocarbonyl (C=S) groups is 1. The lowest BCUT2D eigenvalue weighted by molar-refractivity contribution is 0.415. The highest BCUT2D eigenvalue weighted by atomic mass is 32.1. The maximum absolute atomic E-state index is 5.33. The zero-order valence-corrected chi connectivity index (χ0v) is 18.4. The molecule has 4 aromatic rings. The fraction of sp³-hybridized carbons (Fsp3) is 0.0800. The fourth-order valence-corrected chi connectivity index (χ4v) is 3.27. The van der Waals surface area contributed by atoms with Crippen molar-refractivity contribution >= 4 is 23.5 Å². The molecule has 0 unspecified atom stereocenters. The van der Waals surface area contributed by atoms with E-state index >= 15 is 0 Å². The molecular weight excluding hydrogens is 418 g/mol. The van der Waals surface area contributed by atoms with Gasteiger partial charge in [-0.05, 0) is 54.2 Å². The largest absolute Gasteiger partial charge is 0.497 e. The van der Waals surface area contributed by atoms with Crippen molar-refractivity contribution in [3.05, 3.63) is 102 Å². The molecule has 0 saturated heterocycles. The molecule has 0 aliphatic heterocycles. The van der Waals surface area contributed by atoms with Crippen LogP contribution in [0.15, 0.2) is 96.2 Å². The minimum absolute atomic E-state index is 0.451. The van der Waals surface area contributed by atoms with E-state index in [9.17, 15) is 0 Å². The van der Waals surface area contributed by atoms with Crippen LogP contribution < -0.4 is 15.5 Å². The molecule has 32 heavy (non-hydrogen) atoms. The Morgan fingerprint density at radius 1 is 1.00 bits per heavy atom. The van der Waals surface area contributed by atoms with Gasteiger partial charge in [0.2, 0.25) is 0 Å². The van der Waals surface area contributed by atoms with Gasteiger partial charge in [0, 0.05) is 23.9 Å². The third-order valence-electron chi connectivity index (χ3n) is 4.79. The third kappa shape index (κ3) is 5.39. The number of aromatic nitrogens is 2. The molecule has 0 radical (unpaired) electrons. The maximum Gasteiger partial charge on any atom is 0.187 e. The smallest absolute Gasteiger partial charge is 0.187 e. The van der Waals surface area contributed by atoms with Crippen LogP contribution in [0.4, 0.5) is 0 Å². The lowest BCUT2D eigenvalue weighted by atomic mass is 10.1. The van der Waals surface area contributed by atoms with Gasteiger partial charge in [0.1, 0.15) is 11.4 Å². The van der Waals surface area contributed by atoms with Crippen LogP contribution in [0.5, 0.6) is 5.75 Å². The van der Waals surface area contributed by atoms with Gasteiger partial charge in [-0.25, -0.2) is 4.68 Å². The molecule has 7 heteroatoms. The van der Waals surface area contributed by atoms with Crippen molar-refractivity contribution in [3.8, 4) is 22.7 Å². The molecular formula is C25H23N5OS. The lowest BCUT2D eigenvalue weighted by Gasteiger charge is -2.06. The average molecular weight is 442 g/mol. The van der Waals surface area contributed by atoms with Crippen LogP contribution in [0.2, 0.25) is 0 Å². The standard InChI is InChI=1S/C25H23N5OS/c1-31-23-14-12-20(13-15-23)24-21(18-30(29-24)22-10-6-3-7-11-22)17-27-28-25(32)26-16-19-8-4-2-5-9-19/h2-15,17-18H,16H2,1H3,(H2,26,28,32). The van der Waals surface area contributed by atoms with Crippen LogP contribution in [-0.4, -0.2) is 28.2 Å². The van der Waals surface area contributed by atoms with Crippen molar-refractivity contribution in [1.29, 1.82) is 0 Å². The number of para-hydroxylation sites is 1. The molecule has 4 rings (SSSR count). The highest BCUT2D eigenvalue weighted by Gasteiger charge is 2.11. The number of hydrogen-bond donors (Lipinski definition) is 2. The monoisotopic (exact) mass is 441 g/mol. The Morgan fingerprint density at radius 3 is 2.38 bits per heavy atom. The molecule has 1 aromatic heterocycles. The molecule has 2 N–H and O–H groups in total. The summed E-state index contributed by atoms with van der Waals surface area (Å²) < 4.78 is 7.11. The van der Waals surface area contributed by atoms with Crippen LogP contribution in [-0.2, 0) is 6.54 Å². The Labute approximate surface area is 192 Å². The van der Waals surface area contributed by atoms with E-state index in [-0.39, 0.29) is 0 Å². The van der Waals surface area contributed by atoms with E-state index in [1.807, 2.05) is 95.8 Å². The summed E-state index contributed by atoms with van der Waals surface area (Å²) in [7, 11) is 1.65. The molecule has 3 aromatic carbocycles. The molecule has 160 valence electrons. The second-order valence-corrected chi connectivity index (χ2v) is 7.39. The number of methoxy groups -OCH3 is 1. The van der Waals surface area contributed by atoms with E-state index < -0.39 is 0 Å². The van der Waals surface area contributed by atoms with Gasteiger partial charge >= 0.3 is 0 Å². The molecule has 0 saturated carbocycles. The van der Waals surface area contributed by atoms with Crippen molar-refractivity contribution in [2.75, 3.05) is 7.11 Å². The van der Waals surface area contributed by atoms with Crippen LogP contribution >= 0.6 is 12.2 Å². The number of nitrogens with zero attached hydrogens (tertiary/aromatic N) is 3. The summed E-state index contributed by atoms with van der Waals surface area (Å²) in [5.74, 6) is 0.794. The van der Waals surface area contributed by atoms with Crippen molar-refractivity contribution in [2.24, 2.45) is 5.10 Å². The minimum Gasteiger partial charge on any atom is -0.497 e. The van der Waals surface area contributed by atoms with Gasteiger partial charge in [-0.3, -0.25) is 5.43 Å². The number of nitrogens with one attached hydrogen (secondary N) is 2. The predicted octanol–water partition coefficient (Wildman–Crippen LogP) is 4.55. The first kappa shape index (κ1) is 21.3. The first-order valence-corrected chi connectivity index (χ1v) is 10.5. The summed E-state index contributed by atoms with van der Waals surface area (Å²) in [6.45, 7) is 0.630. The summed E-state index contributed by atoms with van der Waals surface area (Å²) in [4.78, 5) is 0. The Hall–Kier alpha value is -3.97. The van der Waals surface area contributed by atoms with Gasteiger partial charge in [-0.1, -0.05) is 48.5 Å². The van der Waals surface area contributed by atoms with Crippen molar-refractivity contribution in [3.63, 3.8) is 0 Å². The quantitative estimate of drug-likeness (QED) is 0.250. The fourth-order valence-electron chi connectivity index (χ4n) is 3.15. The second-order valence-electron chi connectivity index (χ2n) is 6.98. The Balaban J connectivity index is 1.52. The van der Waals surface area contributed by atoms with Crippen LogP contribution in [0.3, 0.4) is 0 Å². The predicted molar refractivity (Wildman–Crippen MR) is 132 cm³/mol. The normalized spacial score (nSPS) is 10.8. The first-order chi connectivity index (χ1) is 15.7. The van der Waals surface area contributed by atoms with E-state index in [1.54, 1.807) is 13.3 Å². The van der Waals surface area contributed by atoms with Gasteiger partial charge in [-0.15, -0.1) is 0 Å². The highest BCUT2D eigenvalue weighted by molar-refractivity contribution is 7.80. The van der Waals surface area contributed by atoms with Gasteiger partial charge in [0.05, 0.1) is 19.0 Å². The van der Waals surface area contributed by atoms with E-state index in [1.165, 1.54) is 0 Å². The highest BCUT2D eigenvalue weighted by Crippen LogP contribution is 2.25. The van der Waals surface area contributed by atoms with E-state index in [0.717, 1.165) is 33.8 Å². The number of rotatable bonds is 7. The Bertz CT molecular complexity index is 1190. The summed E-state index contributed by atoms with van der Waals surface area (Å²) >= 11 is 5.33. The van der Waals surface area contributed by atoms with Crippen LogP contribution in [0.1, 0.15) is 11.1 Å². The van der Waals surface area contributed by atoms with E-state index in [2.05, 4.69) is 15.8 Å². The molecule has 0 aliphatic rings. The second kappa shape index (κ2) is 10.4. The molecule has 0 aliphatic carbocycles. The molecule has 0 spiro atoms. The molecule has 0 bridgehead atoms. The average Bonchev–Trinajstić information content (AvgIpc) is 3.28. The molecule has 1 heterocycles. The molecule has 0 amide bonds. The summed E-state index contributed by atoms with van der Waals surface area (Å²) in [5, 5.41) is 12.7. The van der Waals surface area contributed by atoms with Crippen molar-refractivity contribution in [2.45, 2.75) is 6.54 Å². The van der Waals surface area contributed by atoms with E-state index in [4.69, 9.17) is 22.1 Å². The zero-order chi connectivity index (χ0) is 22.2. The summed E-state index contributed by atoms with van der Waals surface area (Å²) in [5.41, 5.74) is 7.63. The first-order valence-electron chi connectivity index (χ1n) is 10.1. The summed E-state index contributed by atoms with van der Waals surface area (Å²) in [6, 6.07) is 27.8. The van der Waals surface area contributed by atoms with Crippen molar-refractivity contribution in [1.82, 2.24) is 20.5 Å².